The molecule has 2 aromatic carbocycles. The maximum absolute atomic E-state index is 12.5. The molecule has 7 nitrogen and oxygen atoms in total. The van der Waals surface area contributed by atoms with E-state index in [9.17, 15) is 4.79 Å². The van der Waals surface area contributed by atoms with E-state index in [1.807, 2.05) is 12.1 Å². The van der Waals surface area contributed by atoms with Gasteiger partial charge in [0.2, 0.25) is 11.7 Å². The van der Waals surface area contributed by atoms with Crippen molar-refractivity contribution in [2.24, 2.45) is 0 Å². The number of methoxy groups -OCH3 is 3. The molecule has 1 saturated heterocycles. The summed E-state index contributed by atoms with van der Waals surface area (Å²) in [4.78, 5) is 17.4. The van der Waals surface area contributed by atoms with Gasteiger partial charge in [-0.2, -0.15) is 0 Å². The summed E-state index contributed by atoms with van der Waals surface area (Å²) in [5, 5.41) is 3.05. The maximum Gasteiger partial charge on any atom is 0.224 e. The van der Waals surface area contributed by atoms with Crippen molar-refractivity contribution in [3.8, 4) is 17.2 Å². The molecule has 0 bridgehead atoms. The molecule has 2 aromatic rings. The minimum atomic E-state index is -0.0164. The van der Waals surface area contributed by atoms with Crippen LogP contribution < -0.4 is 19.5 Å². The zero-order valence-electron chi connectivity index (χ0n) is 19.6. The fraction of sp³-hybridized carbons (Fsp3) is 0.480. The average molecular weight is 442 g/mol. The Kier molecular flexibility index (Phi) is 8.76. The molecule has 3 rings (SSSR count). The van der Waals surface area contributed by atoms with Crippen LogP contribution in [0.4, 0.5) is 0 Å². The number of ether oxygens (including phenoxy) is 3. The number of piperazine rings is 1. The molecule has 0 aromatic heterocycles. The SMILES string of the molecule is COc1cc(CC(=O)NCCCN2CCN(C)CC2c2ccccc2)cc(OC)c1OC. The van der Waals surface area contributed by atoms with E-state index in [-0.39, 0.29) is 12.3 Å². The van der Waals surface area contributed by atoms with E-state index in [4.69, 9.17) is 14.2 Å². The Balaban J connectivity index is 1.50. The molecular formula is C25H35N3O4. The molecule has 1 aliphatic rings. The molecule has 1 amide bonds. The fourth-order valence-corrected chi connectivity index (χ4v) is 4.21. The third-order valence-electron chi connectivity index (χ3n) is 5.91. The average Bonchev–Trinajstić information content (AvgIpc) is 2.82. The van der Waals surface area contributed by atoms with Crippen molar-refractivity contribution in [3.63, 3.8) is 0 Å². The first-order valence-corrected chi connectivity index (χ1v) is 11.1. The normalized spacial score (nSPS) is 17.1. The van der Waals surface area contributed by atoms with E-state index in [0.29, 0.717) is 29.8 Å². The van der Waals surface area contributed by atoms with Crippen molar-refractivity contribution in [2.45, 2.75) is 18.9 Å². The molecule has 1 N–H and O–H groups in total. The molecule has 0 aliphatic carbocycles. The van der Waals surface area contributed by atoms with E-state index in [1.165, 1.54) is 5.56 Å². The lowest BCUT2D eigenvalue weighted by Gasteiger charge is -2.40. The van der Waals surface area contributed by atoms with Gasteiger partial charge in [-0.1, -0.05) is 30.3 Å². The standard InChI is InChI=1S/C25H35N3O4/c1-27-13-14-28(21(18-27)20-9-6-5-7-10-20)12-8-11-26-24(29)17-19-15-22(30-2)25(32-4)23(16-19)31-3/h5-7,9-10,15-16,21H,8,11-14,17-18H2,1-4H3,(H,26,29). The monoisotopic (exact) mass is 441 g/mol. The lowest BCUT2D eigenvalue weighted by Crippen LogP contribution is -2.47. The van der Waals surface area contributed by atoms with Crippen LogP contribution in [0.3, 0.4) is 0 Å². The van der Waals surface area contributed by atoms with Crippen LogP contribution in [0.5, 0.6) is 17.2 Å². The predicted octanol–water partition coefficient (Wildman–Crippen LogP) is 2.75. The number of carbonyl (C=O) groups excluding carboxylic acids is 1. The molecule has 1 aliphatic heterocycles. The van der Waals surface area contributed by atoms with E-state index >= 15 is 0 Å². The van der Waals surface area contributed by atoms with Gasteiger partial charge in [0.05, 0.1) is 27.8 Å². The highest BCUT2D eigenvalue weighted by atomic mass is 16.5. The van der Waals surface area contributed by atoms with E-state index in [1.54, 1.807) is 21.3 Å². The summed E-state index contributed by atoms with van der Waals surface area (Å²) in [6.07, 6.45) is 1.17. The number of nitrogens with one attached hydrogen (secondary N) is 1. The van der Waals surface area contributed by atoms with Gasteiger partial charge in [-0.15, -0.1) is 0 Å². The van der Waals surface area contributed by atoms with Gasteiger partial charge < -0.3 is 24.4 Å². The number of hydrogen-bond acceptors (Lipinski definition) is 6. The Hall–Kier alpha value is -2.77. The quantitative estimate of drug-likeness (QED) is 0.572. The smallest absolute Gasteiger partial charge is 0.224 e. The van der Waals surface area contributed by atoms with Gasteiger partial charge >= 0.3 is 0 Å². The first-order valence-electron chi connectivity index (χ1n) is 11.1. The third kappa shape index (κ3) is 6.14. The minimum absolute atomic E-state index is 0.0164. The third-order valence-corrected chi connectivity index (χ3v) is 5.91. The molecule has 0 saturated carbocycles. The number of nitrogens with zero attached hydrogens (tertiary/aromatic N) is 2. The van der Waals surface area contributed by atoms with E-state index < -0.39 is 0 Å². The Labute approximate surface area is 191 Å². The predicted molar refractivity (Wildman–Crippen MR) is 126 cm³/mol. The molecule has 1 fully saturated rings. The van der Waals surface area contributed by atoms with Crippen LogP contribution in [0.15, 0.2) is 42.5 Å². The fourth-order valence-electron chi connectivity index (χ4n) is 4.21. The molecule has 32 heavy (non-hydrogen) atoms. The highest BCUT2D eigenvalue weighted by molar-refractivity contribution is 5.79. The molecule has 1 unspecified atom stereocenters. The van der Waals surface area contributed by atoms with Gasteiger partial charge in [0.25, 0.3) is 0 Å². The molecule has 0 radical (unpaired) electrons. The number of likely N-dealkylation sites (N-methyl/N-ethyl adjacent to an activating group) is 1. The summed E-state index contributed by atoms with van der Waals surface area (Å²) in [5.41, 5.74) is 2.17. The summed E-state index contributed by atoms with van der Waals surface area (Å²) >= 11 is 0. The van der Waals surface area contributed by atoms with Crippen molar-refractivity contribution < 1.29 is 19.0 Å². The Bertz CT molecular complexity index is 850. The van der Waals surface area contributed by atoms with Gasteiger partial charge in [0, 0.05) is 38.8 Å². The molecule has 7 heteroatoms. The Morgan fingerprint density at radius 3 is 2.34 bits per heavy atom. The zero-order valence-corrected chi connectivity index (χ0v) is 19.6. The van der Waals surface area contributed by atoms with Gasteiger partial charge in [-0.3, -0.25) is 9.69 Å². The number of rotatable bonds is 10. The number of benzene rings is 2. The zero-order chi connectivity index (χ0) is 22.9. The Morgan fingerprint density at radius 2 is 1.72 bits per heavy atom. The highest BCUT2D eigenvalue weighted by Crippen LogP contribution is 2.38. The van der Waals surface area contributed by atoms with E-state index in [0.717, 1.165) is 38.2 Å². The van der Waals surface area contributed by atoms with Crippen LogP contribution in [0, 0.1) is 0 Å². The lowest BCUT2D eigenvalue weighted by atomic mass is 10.0. The first kappa shape index (κ1) is 23.9. The lowest BCUT2D eigenvalue weighted by molar-refractivity contribution is -0.120. The van der Waals surface area contributed by atoms with Crippen molar-refractivity contribution in [1.82, 2.24) is 15.1 Å². The van der Waals surface area contributed by atoms with Crippen LogP contribution >= 0.6 is 0 Å². The Morgan fingerprint density at radius 1 is 1.03 bits per heavy atom. The minimum Gasteiger partial charge on any atom is -0.493 e. The second-order valence-electron chi connectivity index (χ2n) is 8.14. The molecular weight excluding hydrogens is 406 g/mol. The second kappa shape index (κ2) is 11.7. The number of carbonyl (C=O) groups is 1. The van der Waals surface area contributed by atoms with Gasteiger partial charge in [-0.05, 0) is 36.7 Å². The molecule has 1 heterocycles. The van der Waals surface area contributed by atoms with Crippen LogP contribution in [0.2, 0.25) is 0 Å². The topological polar surface area (TPSA) is 63.3 Å². The largest absolute Gasteiger partial charge is 0.493 e. The summed E-state index contributed by atoms with van der Waals surface area (Å²) in [7, 11) is 6.89. The molecule has 174 valence electrons. The first-order chi connectivity index (χ1) is 15.5. The highest BCUT2D eigenvalue weighted by Gasteiger charge is 2.26. The van der Waals surface area contributed by atoms with Crippen LogP contribution in [0.1, 0.15) is 23.6 Å². The van der Waals surface area contributed by atoms with Crippen molar-refractivity contribution in [3.05, 3.63) is 53.6 Å². The summed E-state index contributed by atoms with van der Waals surface area (Å²) in [5.74, 6) is 1.62. The second-order valence-corrected chi connectivity index (χ2v) is 8.14. The van der Waals surface area contributed by atoms with E-state index in [2.05, 4.69) is 52.5 Å². The van der Waals surface area contributed by atoms with Gasteiger partial charge in [0.15, 0.2) is 11.5 Å². The van der Waals surface area contributed by atoms with Crippen molar-refractivity contribution >= 4 is 5.91 Å². The molecule has 1 atom stereocenters. The van der Waals surface area contributed by atoms with Crippen LogP contribution in [0.25, 0.3) is 0 Å². The molecule has 0 spiro atoms. The summed E-state index contributed by atoms with van der Waals surface area (Å²) in [6, 6.07) is 14.7. The van der Waals surface area contributed by atoms with Crippen LogP contribution in [-0.2, 0) is 11.2 Å². The number of hydrogen-bond donors (Lipinski definition) is 1. The number of amides is 1. The van der Waals surface area contributed by atoms with Crippen molar-refractivity contribution in [1.29, 1.82) is 0 Å². The van der Waals surface area contributed by atoms with Gasteiger partial charge in [-0.25, -0.2) is 0 Å². The summed E-state index contributed by atoms with van der Waals surface area (Å²) < 4.78 is 16.1. The van der Waals surface area contributed by atoms with Crippen LogP contribution in [-0.4, -0.2) is 76.8 Å². The summed E-state index contributed by atoms with van der Waals surface area (Å²) in [6.45, 7) is 4.73. The van der Waals surface area contributed by atoms with Gasteiger partial charge in [0.1, 0.15) is 0 Å². The van der Waals surface area contributed by atoms with Crippen molar-refractivity contribution in [2.75, 3.05) is 61.1 Å². The maximum atomic E-state index is 12.5.